The number of benzene rings is 2. The minimum Gasteiger partial charge on any atom is -0.465 e. The number of thiazole rings is 1. The van der Waals surface area contributed by atoms with Crippen molar-refractivity contribution in [2.45, 2.75) is 6.42 Å². The minimum absolute atomic E-state index is 0.0948. The van der Waals surface area contributed by atoms with E-state index in [1.54, 1.807) is 29.3 Å². The molecule has 0 aliphatic carbocycles. The third kappa shape index (κ3) is 5.38. The van der Waals surface area contributed by atoms with E-state index in [-0.39, 0.29) is 27.4 Å². The number of hydrazone groups is 1. The van der Waals surface area contributed by atoms with Crippen LogP contribution in [0.4, 0.5) is 15.6 Å². The number of carboxylic acid groups (broad SMARTS) is 1. The van der Waals surface area contributed by atoms with E-state index in [2.05, 4.69) is 15.5 Å². The Kier molecular flexibility index (Phi) is 7.35. The quantitative estimate of drug-likeness (QED) is 0.301. The van der Waals surface area contributed by atoms with Crippen LogP contribution >= 0.6 is 34.5 Å². The van der Waals surface area contributed by atoms with Gasteiger partial charge in [0.05, 0.1) is 15.7 Å². The van der Waals surface area contributed by atoms with Gasteiger partial charge in [-0.1, -0.05) is 23.2 Å². The van der Waals surface area contributed by atoms with Crippen molar-refractivity contribution in [2.24, 2.45) is 5.10 Å². The number of hydrogen-bond acceptors (Lipinski definition) is 9. The van der Waals surface area contributed by atoms with Crippen LogP contribution in [0, 0.1) is 11.3 Å². The summed E-state index contributed by atoms with van der Waals surface area (Å²) >= 11 is 14.0. The van der Waals surface area contributed by atoms with Crippen LogP contribution in [0.5, 0.6) is 11.5 Å². The first-order valence-electron chi connectivity index (χ1n) is 10.1. The summed E-state index contributed by atoms with van der Waals surface area (Å²) < 4.78 is 5.88. The zero-order valence-corrected chi connectivity index (χ0v) is 20.3. The lowest BCUT2D eigenvalue weighted by atomic mass is 9.99. The predicted molar refractivity (Wildman–Crippen MR) is 133 cm³/mol. The van der Waals surface area contributed by atoms with E-state index in [4.69, 9.17) is 38.3 Å². The van der Waals surface area contributed by atoms with Gasteiger partial charge in [-0.3, -0.25) is 25.2 Å². The molecule has 36 heavy (non-hydrogen) atoms. The van der Waals surface area contributed by atoms with Crippen LogP contribution in [-0.2, 0) is 11.2 Å². The van der Waals surface area contributed by atoms with Crippen LogP contribution in [0.1, 0.15) is 15.9 Å². The summed E-state index contributed by atoms with van der Waals surface area (Å²) in [7, 11) is 0. The summed E-state index contributed by atoms with van der Waals surface area (Å²) in [5.41, 5.74) is 3.29. The monoisotopic (exact) mass is 544 g/mol. The van der Waals surface area contributed by atoms with Crippen molar-refractivity contribution in [3.05, 3.63) is 63.1 Å². The van der Waals surface area contributed by atoms with Crippen LogP contribution in [-0.4, -0.2) is 40.3 Å². The van der Waals surface area contributed by atoms with E-state index in [9.17, 15) is 14.4 Å². The SMILES string of the molecule is N#CC(=NNc1cc(Cl)c(Oc2ccc3c(c2)CCN(c2nccs2)C3=O)c(Cl)c1)C(=O)NC(=O)O. The Labute approximate surface area is 217 Å². The van der Waals surface area contributed by atoms with E-state index < -0.39 is 17.7 Å². The number of amides is 3. The van der Waals surface area contributed by atoms with Gasteiger partial charge in [0, 0.05) is 23.7 Å². The Morgan fingerprint density at radius 2 is 2.00 bits per heavy atom. The fraction of sp³-hybridized carbons (Fsp3) is 0.0909. The van der Waals surface area contributed by atoms with Crippen molar-refractivity contribution in [1.82, 2.24) is 10.3 Å². The Hall–Kier alpha value is -4.18. The molecule has 0 radical (unpaired) electrons. The number of rotatable bonds is 6. The molecule has 3 N–H and O–H groups in total. The van der Waals surface area contributed by atoms with Crippen LogP contribution in [0.15, 0.2) is 47.0 Å². The van der Waals surface area contributed by atoms with Gasteiger partial charge in [-0.05, 0) is 42.3 Å². The molecular weight excluding hydrogens is 531 g/mol. The number of halogens is 2. The van der Waals surface area contributed by atoms with Gasteiger partial charge in [0.2, 0.25) is 5.71 Å². The van der Waals surface area contributed by atoms with Gasteiger partial charge < -0.3 is 9.84 Å². The average Bonchev–Trinajstić information content (AvgIpc) is 3.36. The predicted octanol–water partition coefficient (Wildman–Crippen LogP) is 4.53. The second kappa shape index (κ2) is 10.6. The number of imide groups is 1. The zero-order valence-electron chi connectivity index (χ0n) is 18.0. The van der Waals surface area contributed by atoms with E-state index in [1.807, 2.05) is 5.38 Å². The summed E-state index contributed by atoms with van der Waals surface area (Å²) in [6, 6.07) is 9.31. The van der Waals surface area contributed by atoms with Gasteiger partial charge in [-0.15, -0.1) is 11.3 Å². The third-order valence-corrected chi connectivity index (χ3v) is 6.22. The Morgan fingerprint density at radius 3 is 2.64 bits per heavy atom. The highest BCUT2D eigenvalue weighted by Crippen LogP contribution is 2.39. The Morgan fingerprint density at radius 1 is 1.25 bits per heavy atom. The molecule has 0 atom stereocenters. The van der Waals surface area contributed by atoms with Crippen molar-refractivity contribution in [3.63, 3.8) is 0 Å². The highest BCUT2D eigenvalue weighted by atomic mass is 35.5. The molecule has 1 aliphatic rings. The lowest BCUT2D eigenvalue weighted by Crippen LogP contribution is -2.37. The molecule has 182 valence electrons. The zero-order chi connectivity index (χ0) is 25.8. The number of hydrogen-bond donors (Lipinski definition) is 3. The number of fused-ring (bicyclic) bond motifs is 1. The standard InChI is InChI=1S/C22H14Cl2N6O5S/c23-15-8-12(28-29-17(10-25)19(31)27-22(33)34)9-16(24)18(15)35-13-1-2-14-11(7-13)3-5-30(20(14)32)21-26-4-6-36-21/h1-2,4,6-9,28H,3,5H2,(H,27,31)(H,33,34). The Balaban J connectivity index is 1.50. The molecule has 3 amide bonds. The lowest BCUT2D eigenvalue weighted by molar-refractivity contribution is -0.114. The minimum atomic E-state index is -1.63. The second-order valence-electron chi connectivity index (χ2n) is 7.15. The number of nitrogens with zero attached hydrogens (tertiary/aromatic N) is 4. The molecule has 0 unspecified atom stereocenters. The summed E-state index contributed by atoms with van der Waals surface area (Å²) in [6.45, 7) is 0.486. The molecule has 14 heteroatoms. The smallest absolute Gasteiger partial charge is 0.411 e. The molecule has 0 saturated heterocycles. The molecule has 3 aromatic rings. The Bertz CT molecular complexity index is 1410. The number of ether oxygens (including phenoxy) is 1. The van der Waals surface area contributed by atoms with E-state index in [0.29, 0.717) is 29.4 Å². The molecule has 11 nitrogen and oxygen atoms in total. The number of anilines is 2. The van der Waals surface area contributed by atoms with Crippen LogP contribution in [0.3, 0.4) is 0 Å². The van der Waals surface area contributed by atoms with Crippen LogP contribution in [0.25, 0.3) is 0 Å². The molecule has 0 bridgehead atoms. The number of nitrogens with one attached hydrogen (secondary N) is 2. The van der Waals surface area contributed by atoms with Gasteiger partial charge in [0.25, 0.3) is 11.8 Å². The molecule has 2 heterocycles. The fourth-order valence-corrected chi connectivity index (χ4v) is 4.53. The number of nitriles is 1. The van der Waals surface area contributed by atoms with E-state index in [0.717, 1.165) is 5.56 Å². The lowest BCUT2D eigenvalue weighted by Gasteiger charge is -2.26. The highest BCUT2D eigenvalue weighted by molar-refractivity contribution is 7.13. The maximum absolute atomic E-state index is 12.9. The van der Waals surface area contributed by atoms with E-state index in [1.165, 1.54) is 34.9 Å². The maximum atomic E-state index is 12.9. The summed E-state index contributed by atoms with van der Waals surface area (Å²) in [6.07, 6.45) is 0.634. The van der Waals surface area contributed by atoms with E-state index >= 15 is 0 Å². The van der Waals surface area contributed by atoms with Crippen molar-refractivity contribution < 1.29 is 24.2 Å². The molecular formula is C22H14Cl2N6O5S. The molecule has 0 saturated carbocycles. The molecule has 4 rings (SSSR count). The van der Waals surface area contributed by atoms with Crippen molar-refractivity contribution in [2.75, 3.05) is 16.9 Å². The molecule has 2 aromatic carbocycles. The summed E-state index contributed by atoms with van der Waals surface area (Å²) in [4.78, 5) is 40.9. The average molecular weight is 545 g/mol. The molecule has 1 aliphatic heterocycles. The molecule has 0 fully saturated rings. The van der Waals surface area contributed by atoms with Crippen LogP contribution < -0.4 is 20.4 Å². The molecule has 0 spiro atoms. The number of carbonyl (C=O) groups is 3. The summed E-state index contributed by atoms with van der Waals surface area (Å²) in [5, 5.41) is 25.3. The van der Waals surface area contributed by atoms with Crippen LogP contribution in [0.2, 0.25) is 10.0 Å². The summed E-state index contributed by atoms with van der Waals surface area (Å²) in [5.74, 6) is -0.777. The number of aromatic nitrogens is 1. The van der Waals surface area contributed by atoms with Gasteiger partial charge in [-0.25, -0.2) is 9.78 Å². The topological polar surface area (TPSA) is 157 Å². The molecule has 1 aromatic heterocycles. The first kappa shape index (κ1) is 24.9. The highest BCUT2D eigenvalue weighted by Gasteiger charge is 2.27. The normalized spacial score (nSPS) is 13.0. The third-order valence-electron chi connectivity index (χ3n) is 4.86. The second-order valence-corrected chi connectivity index (χ2v) is 8.84. The van der Waals surface area contributed by atoms with Crippen molar-refractivity contribution >= 4 is 69.0 Å². The van der Waals surface area contributed by atoms with Gasteiger partial charge in [0.15, 0.2) is 10.9 Å². The van der Waals surface area contributed by atoms with Gasteiger partial charge >= 0.3 is 6.09 Å². The number of carbonyl (C=O) groups excluding carboxylic acids is 2. The van der Waals surface area contributed by atoms with Gasteiger partial charge in [0.1, 0.15) is 11.8 Å². The van der Waals surface area contributed by atoms with Gasteiger partial charge in [-0.2, -0.15) is 10.4 Å². The largest absolute Gasteiger partial charge is 0.465 e. The first-order chi connectivity index (χ1) is 17.3. The van der Waals surface area contributed by atoms with Crippen molar-refractivity contribution in [3.8, 4) is 17.6 Å². The first-order valence-corrected chi connectivity index (χ1v) is 11.7. The van der Waals surface area contributed by atoms with Crippen molar-refractivity contribution in [1.29, 1.82) is 5.26 Å². The fourth-order valence-electron chi connectivity index (χ4n) is 3.30. The maximum Gasteiger partial charge on any atom is 0.411 e.